The second kappa shape index (κ2) is 6.61. The first kappa shape index (κ1) is 15.2. The maximum absolute atomic E-state index is 6.34. The number of allylic oxidation sites excluding steroid dienone is 5. The maximum Gasteiger partial charge on any atom is 0.111 e. The first-order valence-electron chi connectivity index (χ1n) is 7.98. The van der Waals surface area contributed by atoms with Crippen LogP contribution in [0.1, 0.15) is 25.3 Å². The maximum atomic E-state index is 6.34. The number of nitrogens with zero attached hydrogens (tertiary/aromatic N) is 1. The van der Waals surface area contributed by atoms with Gasteiger partial charge in [0.25, 0.3) is 0 Å². The lowest BCUT2D eigenvalue weighted by Gasteiger charge is -2.34. The van der Waals surface area contributed by atoms with E-state index in [4.69, 9.17) is 5.73 Å². The largest absolute Gasteiger partial charge is 0.400 e. The normalized spacial score (nSPS) is 17.3. The van der Waals surface area contributed by atoms with Crippen molar-refractivity contribution in [2.24, 2.45) is 5.73 Å². The van der Waals surface area contributed by atoms with Crippen LogP contribution in [0.4, 0.5) is 0 Å². The van der Waals surface area contributed by atoms with Crippen molar-refractivity contribution in [1.29, 1.82) is 0 Å². The molecule has 118 valence electrons. The first-order chi connectivity index (χ1) is 11.2. The molecule has 1 heterocycles. The average molecular weight is 305 g/mol. The Morgan fingerprint density at radius 1 is 1.22 bits per heavy atom. The molecule has 0 aromatic heterocycles. The van der Waals surface area contributed by atoms with E-state index in [-0.39, 0.29) is 0 Å². The molecule has 1 aromatic rings. The van der Waals surface area contributed by atoms with Crippen molar-refractivity contribution < 1.29 is 0 Å². The number of nitrogens with one attached hydrogen (secondary N) is 1. The lowest BCUT2D eigenvalue weighted by molar-refractivity contribution is 0.540. The van der Waals surface area contributed by atoms with Crippen LogP contribution in [0.3, 0.4) is 0 Å². The number of nitrogens with two attached hydrogens (primary N) is 1. The summed E-state index contributed by atoms with van der Waals surface area (Å²) in [6.07, 6.45) is 10.3. The smallest absolute Gasteiger partial charge is 0.111 e. The number of rotatable bonds is 4. The minimum absolute atomic E-state index is 0.806. The van der Waals surface area contributed by atoms with Gasteiger partial charge in [0.05, 0.1) is 5.70 Å². The summed E-state index contributed by atoms with van der Waals surface area (Å²) in [4.78, 5) is 2.14. The third-order valence-corrected chi connectivity index (χ3v) is 4.15. The summed E-state index contributed by atoms with van der Waals surface area (Å²) in [6.45, 7) is 7.29. The fourth-order valence-corrected chi connectivity index (χ4v) is 2.85. The van der Waals surface area contributed by atoms with Gasteiger partial charge in [-0.1, -0.05) is 54.6 Å². The quantitative estimate of drug-likeness (QED) is 0.887. The van der Waals surface area contributed by atoms with Gasteiger partial charge in [-0.3, -0.25) is 4.90 Å². The molecule has 3 nitrogen and oxygen atoms in total. The van der Waals surface area contributed by atoms with E-state index in [1.54, 1.807) is 0 Å². The zero-order chi connectivity index (χ0) is 16.2. The molecule has 1 aliphatic heterocycles. The Morgan fingerprint density at radius 2 is 2.00 bits per heavy atom. The Bertz CT molecular complexity index is 721. The summed E-state index contributed by atoms with van der Waals surface area (Å²) in [5.74, 6) is 1.00. The fourth-order valence-electron chi connectivity index (χ4n) is 2.85. The molecule has 1 aliphatic carbocycles. The molecule has 3 heteroatoms. The molecule has 3 N–H and O–H groups in total. The molecular formula is C20H23N3. The number of dihydropyridines is 1. The van der Waals surface area contributed by atoms with Crippen LogP contribution in [0.25, 0.3) is 5.70 Å². The second-order valence-electron chi connectivity index (χ2n) is 5.91. The van der Waals surface area contributed by atoms with Crippen molar-refractivity contribution in [3.8, 4) is 0 Å². The van der Waals surface area contributed by atoms with Gasteiger partial charge in [0.15, 0.2) is 0 Å². The molecule has 0 amide bonds. The monoisotopic (exact) mass is 305 g/mol. The van der Waals surface area contributed by atoms with Crippen molar-refractivity contribution in [3.63, 3.8) is 0 Å². The molecule has 0 fully saturated rings. The van der Waals surface area contributed by atoms with Crippen LogP contribution < -0.4 is 11.1 Å². The first-order valence-corrected chi connectivity index (χ1v) is 7.98. The molecule has 0 radical (unpaired) electrons. The van der Waals surface area contributed by atoms with E-state index in [1.165, 1.54) is 5.57 Å². The zero-order valence-corrected chi connectivity index (χ0v) is 13.5. The predicted molar refractivity (Wildman–Crippen MR) is 96.7 cm³/mol. The minimum Gasteiger partial charge on any atom is -0.400 e. The topological polar surface area (TPSA) is 41.3 Å². The standard InChI is InChI=1S/C20H23N3/c1-15-11-12-18(21)19(14-15)23(20-10-6-7-13-22-20)16(2)17-8-4-3-5-9-17/h3-10,14,22H,2,11-13,21H2,1H3. The molecular weight excluding hydrogens is 282 g/mol. The van der Waals surface area contributed by atoms with E-state index < -0.39 is 0 Å². The number of hydrogen-bond acceptors (Lipinski definition) is 3. The van der Waals surface area contributed by atoms with E-state index >= 15 is 0 Å². The van der Waals surface area contributed by atoms with Crippen molar-refractivity contribution in [2.75, 3.05) is 6.54 Å². The zero-order valence-electron chi connectivity index (χ0n) is 13.5. The lowest BCUT2D eigenvalue weighted by atomic mass is 10.00. The molecule has 0 spiro atoms. The summed E-state index contributed by atoms with van der Waals surface area (Å²) in [6, 6.07) is 10.2. The molecule has 0 unspecified atom stereocenters. The number of hydrogen-bond donors (Lipinski definition) is 2. The molecule has 0 bridgehead atoms. The van der Waals surface area contributed by atoms with Gasteiger partial charge in [-0.2, -0.15) is 0 Å². The average Bonchev–Trinajstić information content (AvgIpc) is 2.60. The molecule has 1 aromatic carbocycles. The molecule has 0 saturated heterocycles. The molecule has 3 rings (SSSR count). The van der Waals surface area contributed by atoms with E-state index in [2.05, 4.69) is 60.2 Å². The Kier molecular flexibility index (Phi) is 4.38. The number of benzene rings is 1. The Labute approximate surface area is 138 Å². The van der Waals surface area contributed by atoms with Crippen LogP contribution in [0.15, 0.2) is 84.0 Å². The third-order valence-electron chi connectivity index (χ3n) is 4.15. The Morgan fingerprint density at radius 3 is 2.70 bits per heavy atom. The SMILES string of the molecule is C=C(c1ccccc1)N(C1=CC=CCN1)C1=C(N)CCC(C)=C1. The molecule has 0 saturated carbocycles. The predicted octanol–water partition coefficient (Wildman–Crippen LogP) is 3.87. The summed E-state index contributed by atoms with van der Waals surface area (Å²) < 4.78 is 0. The van der Waals surface area contributed by atoms with Crippen molar-refractivity contribution in [2.45, 2.75) is 19.8 Å². The molecule has 2 aliphatic rings. The summed E-state index contributed by atoms with van der Waals surface area (Å²) in [7, 11) is 0. The van der Waals surface area contributed by atoms with Crippen LogP contribution in [-0.2, 0) is 0 Å². The van der Waals surface area contributed by atoms with Gasteiger partial charge in [-0.15, -0.1) is 0 Å². The van der Waals surface area contributed by atoms with Crippen LogP contribution in [0, 0.1) is 0 Å². The van der Waals surface area contributed by atoms with Crippen molar-refractivity contribution in [3.05, 3.63) is 89.6 Å². The van der Waals surface area contributed by atoms with Gasteiger partial charge >= 0.3 is 0 Å². The summed E-state index contributed by atoms with van der Waals surface area (Å²) in [5, 5.41) is 3.42. The highest BCUT2D eigenvalue weighted by Crippen LogP contribution is 2.32. The molecule has 23 heavy (non-hydrogen) atoms. The third kappa shape index (κ3) is 3.24. The van der Waals surface area contributed by atoms with Crippen LogP contribution in [0.5, 0.6) is 0 Å². The lowest BCUT2D eigenvalue weighted by Crippen LogP contribution is -2.33. The highest BCUT2D eigenvalue weighted by molar-refractivity contribution is 5.66. The van der Waals surface area contributed by atoms with E-state index in [0.29, 0.717) is 0 Å². The van der Waals surface area contributed by atoms with Gasteiger partial charge in [0, 0.05) is 17.9 Å². The minimum atomic E-state index is 0.806. The highest BCUT2D eigenvalue weighted by Gasteiger charge is 2.22. The van der Waals surface area contributed by atoms with E-state index in [1.807, 2.05) is 18.2 Å². The highest BCUT2D eigenvalue weighted by atomic mass is 15.3. The van der Waals surface area contributed by atoms with Crippen LogP contribution in [-0.4, -0.2) is 11.4 Å². The summed E-state index contributed by atoms with van der Waals surface area (Å²) >= 11 is 0. The van der Waals surface area contributed by atoms with Gasteiger partial charge in [0.2, 0.25) is 0 Å². The van der Waals surface area contributed by atoms with Gasteiger partial charge in [-0.05, 0) is 37.5 Å². The van der Waals surface area contributed by atoms with E-state index in [9.17, 15) is 0 Å². The Hall–Kier alpha value is -2.68. The molecule has 0 atom stereocenters. The Balaban J connectivity index is 2.06. The van der Waals surface area contributed by atoms with Gasteiger partial charge in [-0.25, -0.2) is 0 Å². The van der Waals surface area contributed by atoms with Gasteiger partial charge < -0.3 is 11.1 Å². The second-order valence-corrected chi connectivity index (χ2v) is 5.91. The van der Waals surface area contributed by atoms with Crippen molar-refractivity contribution >= 4 is 5.70 Å². The van der Waals surface area contributed by atoms with Gasteiger partial charge in [0.1, 0.15) is 5.82 Å². The van der Waals surface area contributed by atoms with E-state index in [0.717, 1.165) is 47.9 Å². The fraction of sp³-hybridized carbons (Fsp3) is 0.200. The van der Waals surface area contributed by atoms with Crippen LogP contribution in [0.2, 0.25) is 0 Å². The summed E-state index contributed by atoms with van der Waals surface area (Å²) in [5.41, 5.74) is 11.6. The van der Waals surface area contributed by atoms with Crippen LogP contribution >= 0.6 is 0 Å². The van der Waals surface area contributed by atoms with Crippen molar-refractivity contribution in [1.82, 2.24) is 10.2 Å².